The Balaban J connectivity index is 2.19. The van der Waals surface area contributed by atoms with Gasteiger partial charge in [-0.15, -0.1) is 0 Å². The monoisotopic (exact) mass is 497 g/mol. The number of rotatable bonds is 10. The summed E-state index contributed by atoms with van der Waals surface area (Å²) in [7, 11) is -4.00. The summed E-state index contributed by atoms with van der Waals surface area (Å²) in [4.78, 5) is 26.2. The van der Waals surface area contributed by atoms with Crippen molar-refractivity contribution in [2.24, 2.45) is 0 Å². The summed E-state index contributed by atoms with van der Waals surface area (Å²) in [6.07, 6.45) is 0.270. The highest BCUT2D eigenvalue weighted by Crippen LogP contribution is 2.45. The van der Waals surface area contributed by atoms with Gasteiger partial charge in [-0.25, -0.2) is 4.39 Å². The number of aliphatic hydroxyl groups excluding tert-OH is 1. The summed E-state index contributed by atoms with van der Waals surface area (Å²) in [6, 6.07) is 15.7. The maximum atomic E-state index is 13.7. The molecule has 2 atom stereocenters. The van der Waals surface area contributed by atoms with Gasteiger partial charge < -0.3 is 15.1 Å². The molecular formula is C27H29FNO5P. The van der Waals surface area contributed by atoms with E-state index in [1.54, 1.807) is 12.1 Å². The number of benzene rings is 2. The molecule has 1 aromatic heterocycles. The van der Waals surface area contributed by atoms with E-state index >= 15 is 0 Å². The molecule has 8 heteroatoms. The Kier molecular flexibility index (Phi) is 8.73. The summed E-state index contributed by atoms with van der Waals surface area (Å²) < 4.78 is 26.5. The van der Waals surface area contributed by atoms with Crippen molar-refractivity contribution in [3.05, 3.63) is 83.1 Å². The van der Waals surface area contributed by atoms with Gasteiger partial charge in [-0.1, -0.05) is 55.8 Å². The number of aromatic nitrogens is 1. The van der Waals surface area contributed by atoms with Gasteiger partial charge in [0.2, 0.25) is 7.37 Å². The Bertz CT molecular complexity index is 1260. The first-order chi connectivity index (χ1) is 16.6. The molecule has 184 valence electrons. The van der Waals surface area contributed by atoms with Crippen LogP contribution in [0.25, 0.3) is 28.5 Å². The highest BCUT2D eigenvalue weighted by Gasteiger charge is 2.23. The number of carboxylic acid groups (broad SMARTS) is 1. The minimum atomic E-state index is -4.00. The number of hydrogen-bond acceptors (Lipinski definition) is 4. The zero-order chi connectivity index (χ0) is 25.6. The van der Waals surface area contributed by atoms with Crippen molar-refractivity contribution in [3.8, 4) is 22.4 Å². The van der Waals surface area contributed by atoms with Crippen LogP contribution in [0.15, 0.2) is 60.4 Å². The third-order valence-electron chi connectivity index (χ3n) is 5.58. The van der Waals surface area contributed by atoms with E-state index in [0.29, 0.717) is 12.0 Å². The minimum Gasteiger partial charge on any atom is -0.481 e. The molecule has 1 unspecified atom stereocenters. The zero-order valence-electron chi connectivity index (χ0n) is 19.7. The Morgan fingerprint density at radius 2 is 1.77 bits per heavy atom. The van der Waals surface area contributed by atoms with Crippen molar-refractivity contribution in [2.75, 3.05) is 6.16 Å². The highest BCUT2D eigenvalue weighted by molar-refractivity contribution is 7.61. The number of nitrogens with zero attached hydrogens (tertiary/aromatic N) is 1. The van der Waals surface area contributed by atoms with Gasteiger partial charge in [0, 0.05) is 22.6 Å². The number of aliphatic carboxylic acids is 1. The molecule has 2 aromatic carbocycles. The predicted octanol–water partition coefficient (Wildman–Crippen LogP) is 5.89. The predicted molar refractivity (Wildman–Crippen MR) is 136 cm³/mol. The van der Waals surface area contributed by atoms with Crippen molar-refractivity contribution < 1.29 is 28.9 Å². The topological polar surface area (TPSA) is 108 Å². The standard InChI is InChI=1S/C27H29FNO5P/c1-3-7-24-23(14-15-35(33,34)17-22(30)16-25(31)32)26(19-10-12-21(28)13-11-19)18(2)27(29-24)20-8-5-4-6-9-20/h4-6,8-15,22,30H,3,7,16-17H2,1-2H3,(H,31,32)(H,33,34)/t22-/m0/s1. The SMILES string of the molecule is CCCc1nc(-c2ccccc2)c(C)c(-c2ccc(F)cc2)c1C=CP(=O)(O)C[C@@H](O)CC(=O)O. The van der Waals surface area contributed by atoms with Crippen molar-refractivity contribution in [3.63, 3.8) is 0 Å². The largest absolute Gasteiger partial charge is 0.481 e. The fourth-order valence-electron chi connectivity index (χ4n) is 4.04. The number of carbonyl (C=O) groups is 1. The van der Waals surface area contributed by atoms with E-state index in [1.807, 2.05) is 44.2 Å². The molecule has 0 fully saturated rings. The lowest BCUT2D eigenvalue weighted by Crippen LogP contribution is -2.17. The van der Waals surface area contributed by atoms with Crippen LogP contribution in [-0.4, -0.2) is 38.3 Å². The van der Waals surface area contributed by atoms with Crippen molar-refractivity contribution >= 4 is 19.4 Å². The van der Waals surface area contributed by atoms with Crippen LogP contribution in [-0.2, 0) is 15.8 Å². The molecule has 35 heavy (non-hydrogen) atoms. The molecule has 0 aliphatic rings. The van der Waals surface area contributed by atoms with Gasteiger partial charge in [-0.05, 0) is 48.2 Å². The lowest BCUT2D eigenvalue weighted by atomic mass is 9.90. The first-order valence-electron chi connectivity index (χ1n) is 11.4. The van der Waals surface area contributed by atoms with E-state index in [9.17, 15) is 23.7 Å². The quantitative estimate of drug-likeness (QED) is 0.302. The molecule has 0 bridgehead atoms. The second kappa shape index (κ2) is 11.5. The maximum Gasteiger partial charge on any atom is 0.305 e. The smallest absolute Gasteiger partial charge is 0.305 e. The van der Waals surface area contributed by atoms with Crippen LogP contribution in [0.1, 0.15) is 36.6 Å². The van der Waals surface area contributed by atoms with Crippen LogP contribution < -0.4 is 0 Å². The molecule has 0 saturated heterocycles. The van der Waals surface area contributed by atoms with E-state index in [1.165, 1.54) is 18.2 Å². The normalized spacial score (nSPS) is 14.1. The first-order valence-corrected chi connectivity index (χ1v) is 13.3. The molecule has 3 N–H and O–H groups in total. The molecule has 0 radical (unpaired) electrons. The number of halogens is 1. The van der Waals surface area contributed by atoms with Crippen LogP contribution >= 0.6 is 7.37 Å². The lowest BCUT2D eigenvalue weighted by molar-refractivity contribution is -0.138. The summed E-state index contributed by atoms with van der Waals surface area (Å²) in [5.41, 5.74) is 5.39. The minimum absolute atomic E-state index is 0.373. The molecule has 6 nitrogen and oxygen atoms in total. The highest BCUT2D eigenvalue weighted by atomic mass is 31.2. The van der Waals surface area contributed by atoms with E-state index in [0.717, 1.165) is 45.9 Å². The fraction of sp³-hybridized carbons (Fsp3) is 0.259. The summed E-state index contributed by atoms with van der Waals surface area (Å²) >= 11 is 0. The molecule has 0 saturated carbocycles. The average molecular weight is 498 g/mol. The number of hydrogen-bond donors (Lipinski definition) is 3. The van der Waals surface area contributed by atoms with E-state index in [2.05, 4.69) is 0 Å². The Labute approximate surface area is 204 Å². The molecule has 3 rings (SSSR count). The first kappa shape index (κ1) is 26.5. The van der Waals surface area contributed by atoms with Crippen LogP contribution in [0.5, 0.6) is 0 Å². The summed E-state index contributed by atoms with van der Waals surface area (Å²) in [6.45, 7) is 3.92. The molecule has 0 aliphatic heterocycles. The lowest BCUT2D eigenvalue weighted by Gasteiger charge is -2.19. The van der Waals surface area contributed by atoms with Gasteiger partial charge in [-0.2, -0.15) is 0 Å². The van der Waals surface area contributed by atoms with Gasteiger partial charge in [-0.3, -0.25) is 14.3 Å². The Hall–Kier alpha value is -3.12. The third-order valence-corrected chi connectivity index (χ3v) is 7.14. The van der Waals surface area contributed by atoms with Gasteiger partial charge in [0.15, 0.2) is 0 Å². The number of pyridine rings is 1. The van der Waals surface area contributed by atoms with Crippen LogP contribution in [0, 0.1) is 12.7 Å². The fourth-order valence-corrected chi connectivity index (χ4v) is 5.27. The average Bonchev–Trinajstić information content (AvgIpc) is 2.79. The molecular weight excluding hydrogens is 468 g/mol. The van der Waals surface area contributed by atoms with E-state index in [-0.39, 0.29) is 5.82 Å². The van der Waals surface area contributed by atoms with E-state index in [4.69, 9.17) is 10.1 Å². The Morgan fingerprint density at radius 1 is 1.11 bits per heavy atom. The Morgan fingerprint density at radius 3 is 2.37 bits per heavy atom. The van der Waals surface area contributed by atoms with Crippen LogP contribution in [0.4, 0.5) is 4.39 Å². The van der Waals surface area contributed by atoms with Crippen LogP contribution in [0.2, 0.25) is 0 Å². The molecule has 0 aliphatic carbocycles. The number of carboxylic acids is 1. The van der Waals surface area contributed by atoms with Crippen molar-refractivity contribution in [2.45, 2.75) is 39.2 Å². The van der Waals surface area contributed by atoms with E-state index < -0.39 is 32.0 Å². The maximum absolute atomic E-state index is 13.7. The van der Waals surface area contributed by atoms with Crippen molar-refractivity contribution in [1.29, 1.82) is 0 Å². The zero-order valence-corrected chi connectivity index (χ0v) is 20.6. The molecule has 1 heterocycles. The molecule has 3 aromatic rings. The number of aliphatic hydroxyl groups is 1. The van der Waals surface area contributed by atoms with Gasteiger partial charge in [0.25, 0.3) is 0 Å². The van der Waals surface area contributed by atoms with Gasteiger partial charge in [0.05, 0.1) is 24.4 Å². The number of aryl methyl sites for hydroxylation is 1. The molecule has 0 amide bonds. The summed E-state index contributed by atoms with van der Waals surface area (Å²) in [5.74, 6) is -0.494. The molecule has 0 spiro atoms. The second-order valence-electron chi connectivity index (χ2n) is 8.45. The van der Waals surface area contributed by atoms with Gasteiger partial charge >= 0.3 is 5.97 Å². The van der Waals surface area contributed by atoms with Gasteiger partial charge in [0.1, 0.15) is 5.82 Å². The van der Waals surface area contributed by atoms with Crippen molar-refractivity contribution in [1.82, 2.24) is 4.98 Å². The second-order valence-corrected chi connectivity index (χ2v) is 10.6. The third kappa shape index (κ3) is 6.95. The van der Waals surface area contributed by atoms with Crippen LogP contribution in [0.3, 0.4) is 0 Å². The summed E-state index contributed by atoms with van der Waals surface area (Å²) in [5, 5.41) is 18.7.